The number of ether oxygens (including phenoxy) is 1. The van der Waals surface area contributed by atoms with Crippen molar-refractivity contribution in [2.45, 2.75) is 18.9 Å². The maximum atomic E-state index is 10.3. The fourth-order valence-electron chi connectivity index (χ4n) is 4.32. The van der Waals surface area contributed by atoms with Crippen LogP contribution in [0.4, 0.5) is 0 Å². The zero-order valence-electron chi connectivity index (χ0n) is 14.7. The molecule has 0 spiro atoms. The Bertz CT molecular complexity index is 609. The van der Waals surface area contributed by atoms with Crippen molar-refractivity contribution in [1.29, 1.82) is 5.26 Å². The Kier molecular flexibility index (Phi) is 4.93. The van der Waals surface area contributed by atoms with Gasteiger partial charge in [0.05, 0.1) is 11.6 Å². The summed E-state index contributed by atoms with van der Waals surface area (Å²) in [5.41, 5.74) is 0.618. The number of hydrogen-bond donors (Lipinski definition) is 1. The molecule has 1 aliphatic carbocycles. The fraction of sp³-hybridized carbons (Fsp3) is 0.650. The second-order valence-electron chi connectivity index (χ2n) is 8.00. The van der Waals surface area contributed by atoms with Gasteiger partial charge >= 0.3 is 0 Å². The van der Waals surface area contributed by atoms with Crippen molar-refractivity contribution in [2.75, 3.05) is 45.9 Å². The SMILES string of the molecule is N#Cc1ccc(OC[C@H](O)CN2CC3CN(CC4CC4)CC3C2)cc1. The number of aliphatic hydroxyl groups is 1. The zero-order valence-corrected chi connectivity index (χ0v) is 14.7. The predicted octanol–water partition coefficient (Wildman–Crippen LogP) is 1.57. The lowest BCUT2D eigenvalue weighted by molar-refractivity contribution is 0.0720. The van der Waals surface area contributed by atoms with Crippen molar-refractivity contribution in [2.24, 2.45) is 17.8 Å². The molecular formula is C20H27N3O2. The molecular weight excluding hydrogens is 314 g/mol. The Labute approximate surface area is 149 Å². The third kappa shape index (κ3) is 4.33. The van der Waals surface area contributed by atoms with Crippen LogP contribution in [0.25, 0.3) is 0 Å². The van der Waals surface area contributed by atoms with Crippen molar-refractivity contribution in [3.8, 4) is 11.8 Å². The van der Waals surface area contributed by atoms with Gasteiger partial charge in [-0.3, -0.25) is 4.90 Å². The minimum absolute atomic E-state index is 0.297. The molecule has 0 amide bonds. The summed E-state index contributed by atoms with van der Waals surface area (Å²) in [6.45, 7) is 7.01. The normalized spacial score (nSPS) is 27.8. The van der Waals surface area contributed by atoms with E-state index in [-0.39, 0.29) is 0 Å². The van der Waals surface area contributed by atoms with Gasteiger partial charge in [0.25, 0.3) is 0 Å². The first-order chi connectivity index (χ1) is 12.2. The number of nitriles is 1. The monoisotopic (exact) mass is 341 g/mol. The van der Waals surface area contributed by atoms with Crippen molar-refractivity contribution >= 4 is 0 Å². The highest BCUT2D eigenvalue weighted by atomic mass is 16.5. The van der Waals surface area contributed by atoms with Crippen LogP contribution in [-0.4, -0.2) is 66.9 Å². The highest BCUT2D eigenvalue weighted by molar-refractivity contribution is 5.34. The van der Waals surface area contributed by atoms with Crippen LogP contribution in [0, 0.1) is 29.1 Å². The maximum absolute atomic E-state index is 10.3. The molecule has 4 rings (SSSR count). The molecule has 3 atom stereocenters. The third-order valence-electron chi connectivity index (χ3n) is 5.75. The summed E-state index contributed by atoms with van der Waals surface area (Å²) in [4.78, 5) is 5.06. The molecule has 1 aromatic rings. The van der Waals surface area contributed by atoms with Crippen molar-refractivity contribution in [3.05, 3.63) is 29.8 Å². The van der Waals surface area contributed by atoms with E-state index in [1.165, 1.54) is 32.5 Å². The standard InChI is InChI=1S/C20H27N3O2/c21-7-15-3-5-20(6-4-15)25-14-19(24)13-23-11-17-9-22(8-16-1-2-16)10-18(17)12-23/h3-6,16-19,24H,1-2,8-14H2/t17?,18?,19-/m1/s1. The van der Waals surface area contributed by atoms with Crippen LogP contribution in [0.3, 0.4) is 0 Å². The van der Waals surface area contributed by atoms with E-state index in [4.69, 9.17) is 10.00 Å². The van der Waals surface area contributed by atoms with Gasteiger partial charge < -0.3 is 14.7 Å². The van der Waals surface area contributed by atoms with Gasteiger partial charge in [0, 0.05) is 39.3 Å². The van der Waals surface area contributed by atoms with E-state index >= 15 is 0 Å². The third-order valence-corrected chi connectivity index (χ3v) is 5.75. The average molecular weight is 341 g/mol. The smallest absolute Gasteiger partial charge is 0.119 e. The molecule has 3 aliphatic rings. The minimum atomic E-state index is -0.475. The van der Waals surface area contributed by atoms with Crippen LogP contribution in [-0.2, 0) is 0 Å². The first kappa shape index (κ1) is 16.8. The Morgan fingerprint density at radius 1 is 1.08 bits per heavy atom. The fourth-order valence-corrected chi connectivity index (χ4v) is 4.32. The molecule has 5 heteroatoms. The van der Waals surface area contributed by atoms with E-state index < -0.39 is 6.10 Å². The quantitative estimate of drug-likeness (QED) is 0.816. The van der Waals surface area contributed by atoms with Crippen LogP contribution >= 0.6 is 0 Å². The lowest BCUT2D eigenvalue weighted by Crippen LogP contribution is -2.36. The summed E-state index contributed by atoms with van der Waals surface area (Å²) in [7, 11) is 0. The van der Waals surface area contributed by atoms with Gasteiger partial charge in [0.15, 0.2) is 0 Å². The van der Waals surface area contributed by atoms with Gasteiger partial charge in [-0.1, -0.05) is 0 Å². The van der Waals surface area contributed by atoms with Crippen molar-refractivity contribution in [3.63, 3.8) is 0 Å². The highest BCUT2D eigenvalue weighted by Gasteiger charge is 2.41. The highest BCUT2D eigenvalue weighted by Crippen LogP contribution is 2.35. The molecule has 2 heterocycles. The Hall–Kier alpha value is -1.61. The largest absolute Gasteiger partial charge is 0.491 e. The van der Waals surface area contributed by atoms with Crippen molar-refractivity contribution < 1.29 is 9.84 Å². The molecule has 25 heavy (non-hydrogen) atoms. The number of benzene rings is 1. The Balaban J connectivity index is 1.17. The maximum Gasteiger partial charge on any atom is 0.119 e. The number of likely N-dealkylation sites (tertiary alicyclic amines) is 2. The van der Waals surface area contributed by atoms with Crippen LogP contribution in [0.15, 0.2) is 24.3 Å². The second kappa shape index (κ2) is 7.33. The number of nitrogens with zero attached hydrogens (tertiary/aromatic N) is 3. The van der Waals surface area contributed by atoms with E-state index in [1.54, 1.807) is 24.3 Å². The summed E-state index contributed by atoms with van der Waals surface area (Å²) < 4.78 is 5.64. The van der Waals surface area contributed by atoms with Crippen LogP contribution in [0.1, 0.15) is 18.4 Å². The van der Waals surface area contributed by atoms with Gasteiger partial charge in [-0.15, -0.1) is 0 Å². The van der Waals surface area contributed by atoms with Crippen molar-refractivity contribution in [1.82, 2.24) is 9.80 Å². The second-order valence-corrected chi connectivity index (χ2v) is 8.00. The first-order valence-corrected chi connectivity index (χ1v) is 9.45. The van der Waals surface area contributed by atoms with E-state index in [2.05, 4.69) is 15.9 Å². The molecule has 2 unspecified atom stereocenters. The Morgan fingerprint density at radius 2 is 1.72 bits per heavy atom. The summed E-state index contributed by atoms with van der Waals surface area (Å²) in [6.07, 6.45) is 2.39. The molecule has 1 aromatic carbocycles. The van der Waals surface area contributed by atoms with E-state index in [1.807, 2.05) is 0 Å². The van der Waals surface area contributed by atoms with Gasteiger partial charge in [-0.05, 0) is 54.9 Å². The molecule has 3 fully saturated rings. The molecule has 1 saturated carbocycles. The minimum Gasteiger partial charge on any atom is -0.491 e. The molecule has 2 saturated heterocycles. The van der Waals surface area contributed by atoms with E-state index in [9.17, 15) is 5.11 Å². The summed E-state index contributed by atoms with van der Waals surface area (Å²) in [5, 5.41) is 19.1. The number of rotatable bonds is 7. The molecule has 134 valence electrons. The molecule has 0 bridgehead atoms. The Morgan fingerprint density at radius 3 is 2.32 bits per heavy atom. The topological polar surface area (TPSA) is 59.7 Å². The van der Waals surface area contributed by atoms with Crippen LogP contribution in [0.2, 0.25) is 0 Å². The molecule has 0 radical (unpaired) electrons. The van der Waals surface area contributed by atoms with Gasteiger partial charge in [-0.2, -0.15) is 5.26 Å². The van der Waals surface area contributed by atoms with Gasteiger partial charge in [0.2, 0.25) is 0 Å². The van der Waals surface area contributed by atoms with E-state index in [0.29, 0.717) is 24.5 Å². The summed E-state index contributed by atoms with van der Waals surface area (Å²) in [6, 6.07) is 9.11. The van der Waals surface area contributed by atoms with Gasteiger partial charge in [-0.25, -0.2) is 0 Å². The summed E-state index contributed by atoms with van der Waals surface area (Å²) in [5.74, 6) is 3.25. The molecule has 2 aliphatic heterocycles. The lowest BCUT2D eigenvalue weighted by Gasteiger charge is -2.23. The molecule has 0 aromatic heterocycles. The first-order valence-electron chi connectivity index (χ1n) is 9.45. The summed E-state index contributed by atoms with van der Waals surface area (Å²) >= 11 is 0. The number of β-amino-alcohol motifs (C(OH)–C–C–N with tert-alkyl or cyclic N) is 1. The number of aliphatic hydroxyl groups excluding tert-OH is 1. The molecule has 5 nitrogen and oxygen atoms in total. The lowest BCUT2D eigenvalue weighted by atomic mass is 10.0. The number of fused-ring (bicyclic) bond motifs is 1. The van der Waals surface area contributed by atoms with E-state index in [0.717, 1.165) is 30.8 Å². The molecule has 1 N–H and O–H groups in total. The average Bonchev–Trinajstić information content (AvgIpc) is 3.23. The zero-order chi connectivity index (χ0) is 17.2. The van der Waals surface area contributed by atoms with Gasteiger partial charge in [0.1, 0.15) is 18.5 Å². The predicted molar refractivity (Wildman–Crippen MR) is 95.2 cm³/mol. The number of hydrogen-bond acceptors (Lipinski definition) is 5. The van der Waals surface area contributed by atoms with Crippen LogP contribution < -0.4 is 4.74 Å². The van der Waals surface area contributed by atoms with Crippen LogP contribution in [0.5, 0.6) is 5.75 Å².